The van der Waals surface area contributed by atoms with E-state index in [-0.39, 0.29) is 0 Å². The number of halogens is 1. The van der Waals surface area contributed by atoms with E-state index in [2.05, 4.69) is 27.3 Å². The van der Waals surface area contributed by atoms with Crippen LogP contribution in [0.3, 0.4) is 0 Å². The smallest absolute Gasteiger partial charge is 0.166 e. The summed E-state index contributed by atoms with van der Waals surface area (Å²) in [5, 5.41) is 3.54. The average Bonchev–Trinajstić information content (AvgIpc) is 2.87. The van der Waals surface area contributed by atoms with E-state index in [4.69, 9.17) is 9.47 Å². The fourth-order valence-corrected chi connectivity index (χ4v) is 3.19. The number of methoxy groups -OCH3 is 1. The summed E-state index contributed by atoms with van der Waals surface area (Å²) in [5.41, 5.74) is 1.23. The van der Waals surface area contributed by atoms with Crippen molar-refractivity contribution in [1.82, 2.24) is 5.32 Å². The molecular formula is C15H20BrNO2. The molecule has 0 amide bonds. The van der Waals surface area contributed by atoms with Gasteiger partial charge in [0.2, 0.25) is 0 Å². The fourth-order valence-electron chi connectivity index (χ4n) is 2.73. The third-order valence-corrected chi connectivity index (χ3v) is 4.50. The molecule has 0 radical (unpaired) electrons. The monoisotopic (exact) mass is 325 g/mol. The Labute approximate surface area is 122 Å². The maximum absolute atomic E-state index is 6.19. The first-order valence-corrected chi connectivity index (χ1v) is 7.84. The minimum atomic E-state index is 0.371. The lowest BCUT2D eigenvalue weighted by Crippen LogP contribution is -2.26. The van der Waals surface area contributed by atoms with Gasteiger partial charge in [0.05, 0.1) is 13.2 Å². The molecule has 3 nitrogen and oxygen atoms in total. The van der Waals surface area contributed by atoms with Gasteiger partial charge in [-0.05, 0) is 50.8 Å². The number of ether oxygens (including phenoxy) is 2. The third-order valence-electron chi connectivity index (χ3n) is 4.04. The van der Waals surface area contributed by atoms with Gasteiger partial charge in [0.25, 0.3) is 0 Å². The summed E-state index contributed by atoms with van der Waals surface area (Å²) in [7, 11) is 1.71. The molecule has 1 saturated carbocycles. The minimum Gasteiger partial charge on any atom is -0.493 e. The molecule has 0 spiro atoms. The Bertz CT molecular complexity index is 454. The van der Waals surface area contributed by atoms with Crippen LogP contribution in [0.4, 0.5) is 0 Å². The molecule has 104 valence electrons. The molecule has 2 fully saturated rings. The van der Waals surface area contributed by atoms with E-state index in [9.17, 15) is 0 Å². The van der Waals surface area contributed by atoms with Gasteiger partial charge < -0.3 is 14.8 Å². The molecule has 1 aliphatic carbocycles. The summed E-state index contributed by atoms with van der Waals surface area (Å²) in [6.07, 6.45) is 6.37. The number of rotatable bonds is 4. The van der Waals surface area contributed by atoms with Gasteiger partial charge in [-0.25, -0.2) is 0 Å². The van der Waals surface area contributed by atoms with Crippen LogP contribution in [0.2, 0.25) is 0 Å². The molecule has 1 aromatic rings. The highest BCUT2D eigenvalue weighted by molar-refractivity contribution is 9.10. The lowest BCUT2D eigenvalue weighted by Gasteiger charge is -2.29. The standard InChI is InChI=1S/C15H20BrNO2/c1-18-14-9-10(16)8-12(13-6-3-7-17-13)15(14)19-11-4-2-5-11/h8-9,11,13,17H,2-7H2,1H3. The quantitative estimate of drug-likeness (QED) is 0.913. The highest BCUT2D eigenvalue weighted by Gasteiger charge is 2.27. The molecule has 1 saturated heterocycles. The Morgan fingerprint density at radius 2 is 2.05 bits per heavy atom. The van der Waals surface area contributed by atoms with E-state index in [1.165, 1.54) is 24.8 Å². The summed E-state index contributed by atoms with van der Waals surface area (Å²) in [4.78, 5) is 0. The van der Waals surface area contributed by atoms with E-state index in [1.807, 2.05) is 6.07 Å². The summed E-state index contributed by atoms with van der Waals surface area (Å²) in [6.45, 7) is 1.09. The molecule has 1 N–H and O–H groups in total. The number of hydrogen-bond acceptors (Lipinski definition) is 3. The second kappa shape index (κ2) is 5.71. The van der Waals surface area contributed by atoms with Crippen molar-refractivity contribution in [3.05, 3.63) is 22.2 Å². The molecule has 3 rings (SSSR count). The molecule has 1 aliphatic heterocycles. The van der Waals surface area contributed by atoms with Crippen molar-refractivity contribution in [2.45, 2.75) is 44.2 Å². The fraction of sp³-hybridized carbons (Fsp3) is 0.600. The van der Waals surface area contributed by atoms with E-state index >= 15 is 0 Å². The second-order valence-corrected chi connectivity index (χ2v) is 6.26. The predicted octanol–water partition coefficient (Wildman–Crippen LogP) is 3.81. The number of nitrogens with one attached hydrogen (secondary N) is 1. The van der Waals surface area contributed by atoms with Gasteiger partial charge in [-0.3, -0.25) is 0 Å². The first kappa shape index (κ1) is 13.3. The molecule has 0 bridgehead atoms. The zero-order valence-corrected chi connectivity index (χ0v) is 12.8. The summed E-state index contributed by atoms with van der Waals surface area (Å²) in [6, 6.07) is 4.55. The van der Waals surface area contributed by atoms with E-state index in [1.54, 1.807) is 7.11 Å². The zero-order valence-electron chi connectivity index (χ0n) is 11.2. The molecule has 1 unspecified atom stereocenters. The lowest BCUT2D eigenvalue weighted by atomic mass is 9.95. The predicted molar refractivity (Wildman–Crippen MR) is 78.9 cm³/mol. The summed E-state index contributed by atoms with van der Waals surface area (Å²) in [5.74, 6) is 1.78. The van der Waals surface area contributed by atoms with Crippen molar-refractivity contribution in [3.63, 3.8) is 0 Å². The van der Waals surface area contributed by atoms with E-state index < -0.39 is 0 Å². The van der Waals surface area contributed by atoms with Crippen molar-refractivity contribution in [2.75, 3.05) is 13.7 Å². The summed E-state index contributed by atoms with van der Waals surface area (Å²) >= 11 is 3.57. The van der Waals surface area contributed by atoms with Gasteiger partial charge in [0.15, 0.2) is 11.5 Å². The van der Waals surface area contributed by atoms with E-state index in [0.29, 0.717) is 12.1 Å². The van der Waals surface area contributed by atoms with Gasteiger partial charge in [-0.2, -0.15) is 0 Å². The van der Waals surface area contributed by atoms with Gasteiger partial charge in [0.1, 0.15) is 0 Å². The van der Waals surface area contributed by atoms with Crippen LogP contribution >= 0.6 is 15.9 Å². The maximum Gasteiger partial charge on any atom is 0.166 e. The molecular weight excluding hydrogens is 306 g/mol. The first-order chi connectivity index (χ1) is 9.28. The van der Waals surface area contributed by atoms with Crippen LogP contribution in [0.5, 0.6) is 11.5 Å². The highest BCUT2D eigenvalue weighted by Crippen LogP contribution is 2.42. The molecule has 1 atom stereocenters. The Hall–Kier alpha value is -0.740. The van der Waals surface area contributed by atoms with Crippen molar-refractivity contribution in [2.24, 2.45) is 0 Å². The van der Waals surface area contributed by atoms with Crippen LogP contribution < -0.4 is 14.8 Å². The van der Waals surface area contributed by atoms with Crippen molar-refractivity contribution >= 4 is 15.9 Å². The normalized spacial score (nSPS) is 23.2. The van der Waals surface area contributed by atoms with Crippen LogP contribution in [0, 0.1) is 0 Å². The van der Waals surface area contributed by atoms with Crippen LogP contribution in [-0.2, 0) is 0 Å². The Morgan fingerprint density at radius 1 is 1.21 bits per heavy atom. The van der Waals surface area contributed by atoms with Crippen molar-refractivity contribution in [3.8, 4) is 11.5 Å². The van der Waals surface area contributed by atoms with Crippen molar-refractivity contribution in [1.29, 1.82) is 0 Å². The van der Waals surface area contributed by atoms with Gasteiger partial charge >= 0.3 is 0 Å². The van der Waals surface area contributed by atoms with Crippen LogP contribution in [0.25, 0.3) is 0 Å². The molecule has 1 aromatic carbocycles. The van der Waals surface area contributed by atoms with Gasteiger partial charge in [-0.15, -0.1) is 0 Å². The molecule has 4 heteroatoms. The first-order valence-electron chi connectivity index (χ1n) is 7.05. The highest BCUT2D eigenvalue weighted by atomic mass is 79.9. The second-order valence-electron chi connectivity index (χ2n) is 5.35. The molecule has 19 heavy (non-hydrogen) atoms. The average molecular weight is 326 g/mol. The van der Waals surface area contributed by atoms with Crippen molar-refractivity contribution < 1.29 is 9.47 Å². The largest absolute Gasteiger partial charge is 0.493 e. The topological polar surface area (TPSA) is 30.5 Å². The van der Waals surface area contributed by atoms with Gasteiger partial charge in [0, 0.05) is 16.1 Å². The maximum atomic E-state index is 6.19. The van der Waals surface area contributed by atoms with E-state index in [0.717, 1.165) is 35.4 Å². The Morgan fingerprint density at radius 3 is 2.63 bits per heavy atom. The summed E-state index contributed by atoms with van der Waals surface area (Å²) < 4.78 is 12.7. The van der Waals surface area contributed by atoms with Gasteiger partial charge in [-0.1, -0.05) is 15.9 Å². The molecule has 2 aliphatic rings. The number of benzene rings is 1. The Balaban J connectivity index is 1.95. The van der Waals surface area contributed by atoms with Crippen LogP contribution in [0.15, 0.2) is 16.6 Å². The van der Waals surface area contributed by atoms with Crippen LogP contribution in [-0.4, -0.2) is 19.8 Å². The molecule has 0 aromatic heterocycles. The lowest BCUT2D eigenvalue weighted by molar-refractivity contribution is 0.114. The Kier molecular flexibility index (Phi) is 3.99. The SMILES string of the molecule is COc1cc(Br)cc(C2CCCN2)c1OC1CCC1. The third kappa shape index (κ3) is 2.75. The van der Waals surface area contributed by atoms with Crippen LogP contribution in [0.1, 0.15) is 43.7 Å². The minimum absolute atomic E-state index is 0.371. The zero-order chi connectivity index (χ0) is 13.2. The molecule has 1 heterocycles. The number of hydrogen-bond donors (Lipinski definition) is 1.